The lowest BCUT2D eigenvalue weighted by Crippen LogP contribution is -2.49. The minimum absolute atomic E-state index is 0.130. The van der Waals surface area contributed by atoms with Crippen LogP contribution in [-0.4, -0.2) is 60.0 Å². The van der Waals surface area contributed by atoms with E-state index in [1.54, 1.807) is 11.3 Å². The first-order chi connectivity index (χ1) is 12.7. The summed E-state index contributed by atoms with van der Waals surface area (Å²) in [4.78, 5) is 28.5. The molecular weight excluding hydrogens is 346 g/mol. The summed E-state index contributed by atoms with van der Waals surface area (Å²) < 4.78 is 0. The van der Waals surface area contributed by atoms with Crippen LogP contribution in [-0.2, 0) is 0 Å². The van der Waals surface area contributed by atoms with Crippen molar-refractivity contribution in [2.75, 3.05) is 49.1 Å². The molecule has 138 valence electrons. The van der Waals surface area contributed by atoms with Crippen LogP contribution >= 0.6 is 11.3 Å². The van der Waals surface area contributed by atoms with Crippen molar-refractivity contribution in [2.45, 2.75) is 26.2 Å². The molecule has 2 aromatic rings. The van der Waals surface area contributed by atoms with Crippen LogP contribution in [0.15, 0.2) is 22.9 Å². The summed E-state index contributed by atoms with van der Waals surface area (Å²) in [6, 6.07) is 3.99. The van der Waals surface area contributed by atoms with Crippen LogP contribution in [0.2, 0.25) is 0 Å². The predicted molar refractivity (Wildman–Crippen MR) is 105 cm³/mol. The number of carbonyl (C=O) groups excluding carboxylic acids is 1. The lowest BCUT2D eigenvalue weighted by molar-refractivity contribution is 0.0747. The van der Waals surface area contributed by atoms with E-state index in [4.69, 9.17) is 4.98 Å². The first-order valence-corrected chi connectivity index (χ1v) is 10.3. The van der Waals surface area contributed by atoms with Crippen LogP contribution in [0.1, 0.15) is 35.3 Å². The first kappa shape index (κ1) is 17.3. The number of aryl methyl sites for hydroxylation is 1. The number of piperidine rings is 1. The highest BCUT2D eigenvalue weighted by molar-refractivity contribution is 7.08. The van der Waals surface area contributed by atoms with E-state index in [2.05, 4.69) is 20.9 Å². The Morgan fingerprint density at radius 3 is 2.46 bits per heavy atom. The summed E-state index contributed by atoms with van der Waals surface area (Å²) in [6.07, 6.45) is 3.79. The fourth-order valence-electron chi connectivity index (χ4n) is 3.64. The third-order valence-electron chi connectivity index (χ3n) is 5.13. The van der Waals surface area contributed by atoms with Crippen molar-refractivity contribution in [1.82, 2.24) is 14.9 Å². The number of anilines is 2. The highest BCUT2D eigenvalue weighted by Gasteiger charge is 2.24. The molecule has 0 N–H and O–H groups in total. The minimum atomic E-state index is 0.130. The van der Waals surface area contributed by atoms with Crippen LogP contribution in [0.5, 0.6) is 0 Å². The largest absolute Gasteiger partial charge is 0.356 e. The Balaban J connectivity index is 1.44. The van der Waals surface area contributed by atoms with Gasteiger partial charge in [-0.2, -0.15) is 16.3 Å². The summed E-state index contributed by atoms with van der Waals surface area (Å²) in [7, 11) is 0. The van der Waals surface area contributed by atoms with Gasteiger partial charge in [-0.05, 0) is 37.6 Å². The number of thiophene rings is 1. The maximum Gasteiger partial charge on any atom is 0.254 e. The molecule has 0 aliphatic carbocycles. The van der Waals surface area contributed by atoms with Gasteiger partial charge >= 0.3 is 0 Å². The normalized spacial score (nSPS) is 18.3. The van der Waals surface area contributed by atoms with E-state index in [1.165, 1.54) is 19.3 Å². The molecule has 6 nitrogen and oxygen atoms in total. The van der Waals surface area contributed by atoms with E-state index in [0.29, 0.717) is 13.1 Å². The van der Waals surface area contributed by atoms with E-state index >= 15 is 0 Å². The minimum Gasteiger partial charge on any atom is -0.356 e. The Kier molecular flexibility index (Phi) is 5.06. The van der Waals surface area contributed by atoms with Gasteiger partial charge in [0.15, 0.2) is 0 Å². The Labute approximate surface area is 158 Å². The quantitative estimate of drug-likeness (QED) is 0.830. The molecule has 4 rings (SSSR count). The van der Waals surface area contributed by atoms with E-state index in [9.17, 15) is 4.79 Å². The van der Waals surface area contributed by atoms with E-state index < -0.39 is 0 Å². The van der Waals surface area contributed by atoms with Gasteiger partial charge in [0.1, 0.15) is 5.82 Å². The molecule has 0 aromatic carbocycles. The van der Waals surface area contributed by atoms with Gasteiger partial charge in [-0.3, -0.25) is 4.79 Å². The molecule has 0 radical (unpaired) electrons. The molecular formula is C19H25N5OS. The zero-order valence-electron chi connectivity index (χ0n) is 15.2. The molecule has 0 spiro atoms. The maximum atomic E-state index is 12.5. The smallest absolute Gasteiger partial charge is 0.254 e. The summed E-state index contributed by atoms with van der Waals surface area (Å²) in [5, 5.41) is 3.87. The van der Waals surface area contributed by atoms with Crippen molar-refractivity contribution >= 4 is 29.0 Å². The molecule has 0 unspecified atom stereocenters. The van der Waals surface area contributed by atoms with Gasteiger partial charge < -0.3 is 14.7 Å². The third kappa shape index (κ3) is 3.67. The number of carbonyl (C=O) groups is 1. The molecule has 2 aliphatic heterocycles. The molecule has 4 heterocycles. The standard InChI is InChI=1S/C19H25N5OS/c1-15-13-17(22-6-3-2-4-7-22)21-19(20-15)24-10-8-23(9-11-24)18(25)16-5-12-26-14-16/h5,12-14H,2-4,6-11H2,1H3. The molecule has 2 aromatic heterocycles. The highest BCUT2D eigenvalue weighted by Crippen LogP contribution is 2.22. The highest BCUT2D eigenvalue weighted by atomic mass is 32.1. The van der Waals surface area contributed by atoms with E-state index in [1.807, 2.05) is 28.7 Å². The summed E-state index contributed by atoms with van der Waals surface area (Å²) in [5.41, 5.74) is 1.80. The van der Waals surface area contributed by atoms with Crippen LogP contribution < -0.4 is 9.80 Å². The molecule has 1 amide bonds. The fraction of sp³-hybridized carbons (Fsp3) is 0.526. The second-order valence-corrected chi connectivity index (χ2v) is 7.79. The van der Waals surface area contributed by atoms with Gasteiger partial charge in [0.25, 0.3) is 5.91 Å². The Hall–Kier alpha value is -2.15. The van der Waals surface area contributed by atoms with Crippen molar-refractivity contribution in [3.63, 3.8) is 0 Å². The van der Waals surface area contributed by atoms with E-state index in [-0.39, 0.29) is 5.91 Å². The Morgan fingerprint density at radius 2 is 1.77 bits per heavy atom. The summed E-state index contributed by atoms with van der Waals surface area (Å²) in [6.45, 7) is 7.18. The monoisotopic (exact) mass is 371 g/mol. The lowest BCUT2D eigenvalue weighted by atomic mass is 10.1. The molecule has 2 saturated heterocycles. The third-order valence-corrected chi connectivity index (χ3v) is 5.81. The zero-order chi connectivity index (χ0) is 17.9. The maximum absolute atomic E-state index is 12.5. The van der Waals surface area contributed by atoms with Gasteiger partial charge in [-0.1, -0.05) is 0 Å². The van der Waals surface area contributed by atoms with Crippen molar-refractivity contribution in [1.29, 1.82) is 0 Å². The fourth-order valence-corrected chi connectivity index (χ4v) is 4.27. The molecule has 2 fully saturated rings. The predicted octanol–water partition coefficient (Wildman–Crippen LogP) is 2.80. The van der Waals surface area contributed by atoms with Gasteiger partial charge in [-0.25, -0.2) is 4.98 Å². The second-order valence-electron chi connectivity index (χ2n) is 7.01. The van der Waals surface area contributed by atoms with Crippen LogP contribution in [0.25, 0.3) is 0 Å². The van der Waals surface area contributed by atoms with Gasteiger partial charge in [0, 0.05) is 56.4 Å². The van der Waals surface area contributed by atoms with Gasteiger partial charge in [0.2, 0.25) is 5.95 Å². The number of rotatable bonds is 3. The van der Waals surface area contributed by atoms with Crippen LogP contribution in [0.4, 0.5) is 11.8 Å². The average Bonchev–Trinajstić information content (AvgIpc) is 3.22. The average molecular weight is 372 g/mol. The van der Waals surface area contributed by atoms with Crippen molar-refractivity contribution in [3.8, 4) is 0 Å². The topological polar surface area (TPSA) is 52.6 Å². The van der Waals surface area contributed by atoms with Gasteiger partial charge in [0.05, 0.1) is 5.56 Å². The summed E-state index contributed by atoms with van der Waals surface area (Å²) in [5.74, 6) is 1.97. The van der Waals surface area contributed by atoms with Crippen molar-refractivity contribution < 1.29 is 4.79 Å². The SMILES string of the molecule is Cc1cc(N2CCCCC2)nc(N2CCN(C(=O)c3ccsc3)CC2)n1. The number of piperazine rings is 1. The Bertz CT molecular complexity index is 749. The second kappa shape index (κ2) is 7.61. The number of hydrogen-bond acceptors (Lipinski definition) is 6. The molecule has 0 saturated carbocycles. The molecule has 2 aliphatic rings. The molecule has 26 heavy (non-hydrogen) atoms. The first-order valence-electron chi connectivity index (χ1n) is 9.38. The lowest BCUT2D eigenvalue weighted by Gasteiger charge is -2.35. The zero-order valence-corrected chi connectivity index (χ0v) is 16.0. The Morgan fingerprint density at radius 1 is 1.00 bits per heavy atom. The van der Waals surface area contributed by atoms with E-state index in [0.717, 1.165) is 49.2 Å². The number of nitrogens with zero attached hydrogens (tertiary/aromatic N) is 5. The molecule has 0 atom stereocenters. The van der Waals surface area contributed by atoms with Crippen LogP contribution in [0, 0.1) is 6.92 Å². The van der Waals surface area contributed by atoms with Crippen molar-refractivity contribution in [3.05, 3.63) is 34.2 Å². The number of amides is 1. The van der Waals surface area contributed by atoms with Gasteiger partial charge in [-0.15, -0.1) is 0 Å². The molecule has 0 bridgehead atoms. The molecule has 7 heteroatoms. The number of hydrogen-bond donors (Lipinski definition) is 0. The van der Waals surface area contributed by atoms with Crippen molar-refractivity contribution in [2.24, 2.45) is 0 Å². The summed E-state index contributed by atoms with van der Waals surface area (Å²) >= 11 is 1.56. The van der Waals surface area contributed by atoms with Crippen LogP contribution in [0.3, 0.4) is 0 Å². The number of aromatic nitrogens is 2.